The van der Waals surface area contributed by atoms with E-state index < -0.39 is 0 Å². The Morgan fingerprint density at radius 2 is 2.08 bits per heavy atom. The SMILES string of the molecule is O=C(Nc1ccccc1)N1CCC[C@H](Cc2nc(C3CC3)no2)C1. The highest BCUT2D eigenvalue weighted by Gasteiger charge is 2.30. The van der Waals surface area contributed by atoms with Crippen LogP contribution in [0.4, 0.5) is 10.5 Å². The van der Waals surface area contributed by atoms with Crippen molar-refractivity contribution >= 4 is 11.7 Å². The first-order valence-corrected chi connectivity index (χ1v) is 8.71. The van der Waals surface area contributed by atoms with E-state index in [4.69, 9.17) is 4.52 Å². The topological polar surface area (TPSA) is 71.3 Å². The zero-order valence-electron chi connectivity index (χ0n) is 13.6. The van der Waals surface area contributed by atoms with Crippen LogP contribution in [0.1, 0.15) is 43.3 Å². The van der Waals surface area contributed by atoms with E-state index in [1.165, 1.54) is 12.8 Å². The number of aromatic nitrogens is 2. The van der Waals surface area contributed by atoms with Crippen molar-refractivity contribution in [3.8, 4) is 0 Å². The number of piperidine rings is 1. The van der Waals surface area contributed by atoms with E-state index in [1.807, 2.05) is 35.2 Å². The van der Waals surface area contributed by atoms with E-state index in [-0.39, 0.29) is 6.03 Å². The lowest BCUT2D eigenvalue weighted by Gasteiger charge is -2.32. The molecular weight excluding hydrogens is 304 g/mol. The quantitative estimate of drug-likeness (QED) is 0.934. The molecule has 2 aliphatic rings. The monoisotopic (exact) mass is 326 g/mol. The molecule has 0 bridgehead atoms. The molecule has 1 aliphatic carbocycles. The maximum Gasteiger partial charge on any atom is 0.321 e. The van der Waals surface area contributed by atoms with Crippen LogP contribution in [-0.2, 0) is 6.42 Å². The van der Waals surface area contributed by atoms with E-state index in [2.05, 4.69) is 15.5 Å². The highest BCUT2D eigenvalue weighted by atomic mass is 16.5. The number of anilines is 1. The largest absolute Gasteiger partial charge is 0.339 e. The summed E-state index contributed by atoms with van der Waals surface area (Å²) in [6.45, 7) is 1.53. The zero-order chi connectivity index (χ0) is 16.4. The van der Waals surface area contributed by atoms with Gasteiger partial charge in [-0.2, -0.15) is 4.98 Å². The van der Waals surface area contributed by atoms with Gasteiger partial charge in [0.15, 0.2) is 5.82 Å². The molecule has 1 atom stereocenters. The minimum atomic E-state index is -0.0323. The number of nitrogens with zero attached hydrogens (tertiary/aromatic N) is 3. The molecule has 0 radical (unpaired) electrons. The van der Waals surface area contributed by atoms with Gasteiger partial charge in [0.05, 0.1) is 0 Å². The number of urea groups is 1. The van der Waals surface area contributed by atoms with Crippen LogP contribution in [0.25, 0.3) is 0 Å². The second kappa shape index (κ2) is 6.63. The molecule has 1 aliphatic heterocycles. The lowest BCUT2D eigenvalue weighted by atomic mass is 9.95. The maximum atomic E-state index is 12.4. The minimum Gasteiger partial charge on any atom is -0.339 e. The summed E-state index contributed by atoms with van der Waals surface area (Å²) in [6.07, 6.45) is 5.22. The van der Waals surface area contributed by atoms with E-state index >= 15 is 0 Å². The van der Waals surface area contributed by atoms with Gasteiger partial charge in [0, 0.05) is 31.1 Å². The van der Waals surface area contributed by atoms with Gasteiger partial charge in [0.1, 0.15) is 0 Å². The van der Waals surface area contributed by atoms with Gasteiger partial charge >= 0.3 is 6.03 Å². The molecule has 2 amide bonds. The highest BCUT2D eigenvalue weighted by Crippen LogP contribution is 2.38. The van der Waals surface area contributed by atoms with Crippen molar-refractivity contribution in [2.24, 2.45) is 5.92 Å². The van der Waals surface area contributed by atoms with Crippen molar-refractivity contribution in [1.82, 2.24) is 15.0 Å². The number of nitrogens with one attached hydrogen (secondary N) is 1. The lowest BCUT2D eigenvalue weighted by molar-refractivity contribution is 0.173. The molecule has 6 heteroatoms. The Morgan fingerprint density at radius 1 is 1.25 bits per heavy atom. The number of para-hydroxylation sites is 1. The summed E-state index contributed by atoms with van der Waals surface area (Å²) in [4.78, 5) is 18.8. The first-order chi connectivity index (χ1) is 11.8. The van der Waals surface area contributed by atoms with E-state index in [0.717, 1.165) is 43.9 Å². The maximum absolute atomic E-state index is 12.4. The number of carbonyl (C=O) groups excluding carboxylic acids is 1. The van der Waals surface area contributed by atoms with Crippen LogP contribution in [0.5, 0.6) is 0 Å². The molecule has 1 aromatic heterocycles. The fourth-order valence-corrected chi connectivity index (χ4v) is 3.25. The average Bonchev–Trinajstić information content (AvgIpc) is 3.36. The third-order valence-electron chi connectivity index (χ3n) is 4.72. The molecule has 1 N–H and O–H groups in total. The van der Waals surface area contributed by atoms with Gasteiger partial charge in [-0.1, -0.05) is 23.4 Å². The van der Waals surface area contributed by atoms with Crippen LogP contribution in [0, 0.1) is 5.92 Å². The first-order valence-electron chi connectivity index (χ1n) is 8.71. The van der Waals surface area contributed by atoms with Gasteiger partial charge in [-0.3, -0.25) is 0 Å². The second-order valence-corrected chi connectivity index (χ2v) is 6.78. The summed E-state index contributed by atoms with van der Waals surface area (Å²) in [5.74, 6) is 2.47. The van der Waals surface area contributed by atoms with Crippen molar-refractivity contribution in [2.45, 2.75) is 38.0 Å². The summed E-state index contributed by atoms with van der Waals surface area (Å²) in [5, 5.41) is 7.03. The number of rotatable bonds is 4. The predicted octanol–water partition coefficient (Wildman–Crippen LogP) is 3.43. The van der Waals surface area contributed by atoms with E-state index in [9.17, 15) is 4.79 Å². The van der Waals surface area contributed by atoms with E-state index in [1.54, 1.807) is 0 Å². The van der Waals surface area contributed by atoms with Crippen molar-refractivity contribution in [1.29, 1.82) is 0 Å². The Kier molecular flexibility index (Phi) is 4.19. The molecule has 2 heterocycles. The summed E-state index contributed by atoms with van der Waals surface area (Å²) < 4.78 is 5.38. The smallest absolute Gasteiger partial charge is 0.321 e. The van der Waals surface area contributed by atoms with Crippen molar-refractivity contribution in [3.63, 3.8) is 0 Å². The zero-order valence-corrected chi connectivity index (χ0v) is 13.6. The van der Waals surface area contributed by atoms with Gasteiger partial charge in [-0.05, 0) is 43.7 Å². The molecule has 0 spiro atoms. The summed E-state index contributed by atoms with van der Waals surface area (Å²) >= 11 is 0. The molecule has 1 aromatic carbocycles. The molecule has 2 fully saturated rings. The molecule has 1 saturated heterocycles. The summed E-state index contributed by atoms with van der Waals surface area (Å²) in [7, 11) is 0. The third kappa shape index (κ3) is 3.58. The number of hydrogen-bond donors (Lipinski definition) is 1. The molecule has 2 aromatic rings. The van der Waals surface area contributed by atoms with Crippen LogP contribution in [0.15, 0.2) is 34.9 Å². The summed E-state index contributed by atoms with van der Waals surface area (Å²) in [6, 6.07) is 9.54. The van der Waals surface area contributed by atoms with Crippen LogP contribution < -0.4 is 5.32 Å². The molecule has 24 heavy (non-hydrogen) atoms. The Hall–Kier alpha value is -2.37. The average molecular weight is 326 g/mol. The van der Waals surface area contributed by atoms with E-state index in [0.29, 0.717) is 17.7 Å². The number of carbonyl (C=O) groups is 1. The number of likely N-dealkylation sites (tertiary alicyclic amines) is 1. The molecule has 4 rings (SSSR count). The number of hydrogen-bond acceptors (Lipinski definition) is 4. The standard InChI is InChI=1S/C18H22N4O2/c23-18(19-15-6-2-1-3-7-15)22-10-4-5-13(12-22)11-16-20-17(21-24-16)14-8-9-14/h1-3,6-7,13-14H,4-5,8-12H2,(H,19,23)/t13-/m1/s1. The molecular formula is C18H22N4O2. The Labute approximate surface area is 141 Å². The van der Waals surface area contributed by atoms with Crippen LogP contribution >= 0.6 is 0 Å². The van der Waals surface area contributed by atoms with Gasteiger partial charge in [0.25, 0.3) is 0 Å². The van der Waals surface area contributed by atoms with Crippen LogP contribution in [0.2, 0.25) is 0 Å². The van der Waals surface area contributed by atoms with Crippen molar-refractivity contribution < 1.29 is 9.32 Å². The second-order valence-electron chi connectivity index (χ2n) is 6.78. The predicted molar refractivity (Wildman–Crippen MR) is 89.7 cm³/mol. The van der Waals surface area contributed by atoms with Crippen LogP contribution in [0.3, 0.4) is 0 Å². The van der Waals surface area contributed by atoms with Crippen molar-refractivity contribution in [3.05, 3.63) is 42.0 Å². The normalized spacial score (nSPS) is 20.8. The van der Waals surface area contributed by atoms with Gasteiger partial charge < -0.3 is 14.7 Å². The van der Waals surface area contributed by atoms with Crippen LogP contribution in [-0.4, -0.2) is 34.2 Å². The number of amides is 2. The van der Waals surface area contributed by atoms with Crippen molar-refractivity contribution in [2.75, 3.05) is 18.4 Å². The number of benzene rings is 1. The fourth-order valence-electron chi connectivity index (χ4n) is 3.25. The first kappa shape index (κ1) is 15.2. The minimum absolute atomic E-state index is 0.0323. The summed E-state index contributed by atoms with van der Waals surface area (Å²) in [5.41, 5.74) is 0.829. The van der Waals surface area contributed by atoms with Gasteiger partial charge in [-0.15, -0.1) is 0 Å². The third-order valence-corrected chi connectivity index (χ3v) is 4.72. The molecule has 0 unspecified atom stereocenters. The van der Waals surface area contributed by atoms with Gasteiger partial charge in [0.2, 0.25) is 5.89 Å². The molecule has 1 saturated carbocycles. The highest BCUT2D eigenvalue weighted by molar-refractivity contribution is 5.89. The lowest BCUT2D eigenvalue weighted by Crippen LogP contribution is -2.42. The Morgan fingerprint density at radius 3 is 2.88 bits per heavy atom. The molecule has 6 nitrogen and oxygen atoms in total. The fraction of sp³-hybridized carbons (Fsp3) is 0.500. The van der Waals surface area contributed by atoms with Gasteiger partial charge in [-0.25, -0.2) is 4.79 Å². The Balaban J connectivity index is 1.33. The molecule has 126 valence electrons. The Bertz CT molecular complexity index is 696.